The lowest BCUT2D eigenvalue weighted by molar-refractivity contribution is -0.136. The van der Waals surface area contributed by atoms with Crippen LogP contribution in [-0.2, 0) is 54.4 Å². The summed E-state index contributed by atoms with van der Waals surface area (Å²) in [6, 6.07) is -9.67. The molecule has 1 aromatic heterocycles. The molecule has 0 aliphatic rings. The van der Waals surface area contributed by atoms with Crippen molar-refractivity contribution in [1.29, 1.82) is 0 Å². The van der Waals surface area contributed by atoms with Crippen molar-refractivity contribution in [3.63, 3.8) is 0 Å². The number of rotatable bonds is 28. The van der Waals surface area contributed by atoms with E-state index >= 15 is 0 Å². The van der Waals surface area contributed by atoms with Gasteiger partial charge in [-0.3, -0.25) is 52.9 Å². The summed E-state index contributed by atoms with van der Waals surface area (Å²) < 4.78 is 0. The van der Waals surface area contributed by atoms with Crippen LogP contribution in [0, 0.1) is 5.92 Å². The normalized spacial score (nSPS) is 14.3. The molecule has 0 spiro atoms. The fourth-order valence-electron chi connectivity index (χ4n) is 5.29. The molecule has 21 N–H and O–H groups in total. The van der Waals surface area contributed by atoms with Crippen LogP contribution in [0.5, 0.6) is 0 Å². The summed E-state index contributed by atoms with van der Waals surface area (Å²) in [6.45, 7) is 4.58. The molecule has 26 heteroatoms. The summed E-state index contributed by atoms with van der Waals surface area (Å²) in [5.41, 5.74) is 38.0. The molecule has 7 atom stereocenters. The Morgan fingerprint density at radius 1 is 0.633 bits per heavy atom. The van der Waals surface area contributed by atoms with Crippen LogP contribution in [0.1, 0.15) is 71.4 Å². The number of nitrogens with zero attached hydrogens (tertiary/aromatic N) is 2. The number of aliphatic imine (C=N–C) groups is 1. The second kappa shape index (κ2) is 25.5. The number of carbonyl (C=O) groups excluding carboxylic acids is 10. The third-order valence-electron chi connectivity index (χ3n) is 8.61. The van der Waals surface area contributed by atoms with E-state index in [9.17, 15) is 47.9 Å². The van der Waals surface area contributed by atoms with E-state index in [2.05, 4.69) is 46.9 Å². The van der Waals surface area contributed by atoms with Gasteiger partial charge in [-0.2, -0.15) is 0 Å². The molecule has 10 amide bonds. The first-order chi connectivity index (χ1) is 28.0. The first-order valence-electron chi connectivity index (χ1n) is 18.8. The van der Waals surface area contributed by atoms with E-state index < -0.39 is 114 Å². The SMILES string of the molecule is CC(C)[C@H](NC(=O)[C@H](CCC(N)=O)NC(=O)[C@@H](N)CCCN=C(N)N)C(=O)N[C@@H](C)C(=O)N[C@@H](CC(N)=O)C(=O)N[C@@H](Cc1cnc[nH]1)C(=O)N[C@@H](CCC(N)=O)C(N)=O. The van der Waals surface area contributed by atoms with Crippen molar-refractivity contribution in [2.24, 2.45) is 51.0 Å². The van der Waals surface area contributed by atoms with Gasteiger partial charge in [0, 0.05) is 37.7 Å². The molecule has 0 fully saturated rings. The number of aromatic nitrogens is 2. The molecule has 0 unspecified atom stereocenters. The zero-order chi connectivity index (χ0) is 45.7. The minimum absolute atomic E-state index is 0.140. The van der Waals surface area contributed by atoms with E-state index in [1.54, 1.807) is 13.8 Å². The highest BCUT2D eigenvalue weighted by Crippen LogP contribution is 2.08. The van der Waals surface area contributed by atoms with Gasteiger partial charge in [0.05, 0.1) is 18.8 Å². The lowest BCUT2D eigenvalue weighted by Gasteiger charge is -2.27. The van der Waals surface area contributed by atoms with Crippen molar-refractivity contribution in [2.45, 2.75) is 114 Å². The van der Waals surface area contributed by atoms with Crippen molar-refractivity contribution in [1.82, 2.24) is 41.9 Å². The van der Waals surface area contributed by atoms with Gasteiger partial charge in [-0.1, -0.05) is 13.8 Å². The molecule has 0 bridgehead atoms. The number of primary amides is 4. The van der Waals surface area contributed by atoms with Crippen LogP contribution >= 0.6 is 0 Å². The van der Waals surface area contributed by atoms with Gasteiger partial charge in [-0.15, -0.1) is 0 Å². The maximum atomic E-state index is 13.5. The molecule has 26 nitrogen and oxygen atoms in total. The van der Waals surface area contributed by atoms with E-state index in [1.807, 2.05) is 0 Å². The average molecular weight is 851 g/mol. The Morgan fingerprint density at radius 2 is 1.17 bits per heavy atom. The van der Waals surface area contributed by atoms with Gasteiger partial charge in [0.2, 0.25) is 59.1 Å². The predicted molar refractivity (Wildman–Crippen MR) is 212 cm³/mol. The quantitative estimate of drug-likeness (QED) is 0.0212. The highest BCUT2D eigenvalue weighted by atomic mass is 16.2. The van der Waals surface area contributed by atoms with Gasteiger partial charge in [0.25, 0.3) is 0 Å². The summed E-state index contributed by atoms with van der Waals surface area (Å²) in [5, 5.41) is 14.4. The predicted octanol–water partition coefficient (Wildman–Crippen LogP) is -7.19. The molecule has 1 aromatic rings. The number of nitrogens with one attached hydrogen (secondary N) is 7. The topological polar surface area (TPSA) is 466 Å². The van der Waals surface area contributed by atoms with Crippen LogP contribution in [-0.4, -0.2) is 124 Å². The Hall–Kier alpha value is -6.86. The fourth-order valence-corrected chi connectivity index (χ4v) is 5.29. The molecule has 60 heavy (non-hydrogen) atoms. The highest BCUT2D eigenvalue weighted by Gasteiger charge is 2.34. The minimum Gasteiger partial charge on any atom is -0.370 e. The molecule has 0 saturated heterocycles. The van der Waals surface area contributed by atoms with Gasteiger partial charge in [-0.05, 0) is 38.5 Å². The van der Waals surface area contributed by atoms with Gasteiger partial charge < -0.3 is 77.0 Å². The summed E-state index contributed by atoms with van der Waals surface area (Å²) >= 11 is 0. The fraction of sp³-hybridized carbons (Fsp3) is 0.588. The van der Waals surface area contributed by atoms with Crippen LogP contribution in [0.4, 0.5) is 0 Å². The number of H-pyrrole nitrogens is 1. The average Bonchev–Trinajstić information content (AvgIpc) is 3.67. The molecule has 0 saturated carbocycles. The largest absolute Gasteiger partial charge is 0.370 e. The Balaban J connectivity index is 3.14. The highest BCUT2D eigenvalue weighted by molar-refractivity contribution is 5.98. The van der Waals surface area contributed by atoms with Crippen LogP contribution in [0.25, 0.3) is 0 Å². The molecule has 0 aromatic carbocycles. The first kappa shape index (κ1) is 51.2. The van der Waals surface area contributed by atoms with Crippen LogP contribution < -0.4 is 72.0 Å². The number of amides is 10. The van der Waals surface area contributed by atoms with Crippen LogP contribution in [0.2, 0.25) is 0 Å². The number of nitrogens with two attached hydrogens (primary N) is 7. The standard InChI is InChI=1S/C34H58N16O10/c1-15(2)26(50-30(57)20(7-9-24(37)52)47-29(56)18(35)5-4-10-43-34(40)41)33(60)45-16(3)28(55)48-22(12-25(38)53)32(59)49-21(11-17-13-42-14-44-17)31(58)46-19(27(39)54)6-8-23(36)51/h13-16,18-22,26H,4-12,35H2,1-3H3,(H2,36,51)(H2,37,52)(H2,38,53)(H2,39,54)(H,42,44)(H,45,60)(H,46,58)(H,47,56)(H,48,55)(H,49,59)(H,50,57)(H4,40,41,43)/t16-,18-,19-,20-,21-,22-,26-/m0/s1. The van der Waals surface area contributed by atoms with Gasteiger partial charge in [0.15, 0.2) is 5.96 Å². The van der Waals surface area contributed by atoms with Gasteiger partial charge >= 0.3 is 0 Å². The van der Waals surface area contributed by atoms with E-state index in [0.717, 1.165) is 0 Å². The zero-order valence-electron chi connectivity index (χ0n) is 33.7. The summed E-state index contributed by atoms with van der Waals surface area (Å²) in [7, 11) is 0. The second-order valence-corrected chi connectivity index (χ2v) is 14.1. The van der Waals surface area contributed by atoms with Crippen LogP contribution in [0.3, 0.4) is 0 Å². The number of imidazole rings is 1. The first-order valence-corrected chi connectivity index (χ1v) is 18.8. The number of aromatic amines is 1. The summed E-state index contributed by atoms with van der Waals surface area (Å²) in [6.07, 6.45) is 1.04. The Labute approximate surface area is 344 Å². The molecule has 0 aliphatic carbocycles. The van der Waals surface area contributed by atoms with Crippen molar-refractivity contribution in [2.75, 3.05) is 6.54 Å². The lowest BCUT2D eigenvalue weighted by Crippen LogP contribution is -2.60. The van der Waals surface area contributed by atoms with E-state index in [4.69, 9.17) is 40.1 Å². The Kier molecular flexibility index (Phi) is 21.7. The Bertz CT molecular complexity index is 1720. The van der Waals surface area contributed by atoms with Gasteiger partial charge in [-0.25, -0.2) is 4.98 Å². The molecule has 0 radical (unpaired) electrons. The molecule has 334 valence electrons. The van der Waals surface area contributed by atoms with Gasteiger partial charge in [0.1, 0.15) is 36.3 Å². The van der Waals surface area contributed by atoms with Crippen molar-refractivity contribution >= 4 is 65.0 Å². The van der Waals surface area contributed by atoms with Crippen LogP contribution in [0.15, 0.2) is 17.5 Å². The van der Waals surface area contributed by atoms with Crippen molar-refractivity contribution < 1.29 is 47.9 Å². The van der Waals surface area contributed by atoms with E-state index in [-0.39, 0.29) is 51.0 Å². The monoisotopic (exact) mass is 850 g/mol. The molecule has 1 heterocycles. The Morgan fingerprint density at radius 3 is 1.68 bits per heavy atom. The number of hydrogen-bond donors (Lipinski definition) is 14. The summed E-state index contributed by atoms with van der Waals surface area (Å²) in [4.78, 5) is 137. The molecule has 1 rings (SSSR count). The molecular weight excluding hydrogens is 792 g/mol. The smallest absolute Gasteiger partial charge is 0.243 e. The number of guanidine groups is 1. The van der Waals surface area contributed by atoms with Crippen molar-refractivity contribution in [3.8, 4) is 0 Å². The lowest BCUT2D eigenvalue weighted by atomic mass is 10.0. The zero-order valence-corrected chi connectivity index (χ0v) is 33.7. The van der Waals surface area contributed by atoms with E-state index in [0.29, 0.717) is 12.1 Å². The summed E-state index contributed by atoms with van der Waals surface area (Å²) in [5.74, 6) is -9.78. The number of carbonyl (C=O) groups is 10. The third-order valence-corrected chi connectivity index (χ3v) is 8.61. The van der Waals surface area contributed by atoms with Crippen molar-refractivity contribution in [3.05, 3.63) is 18.2 Å². The molecular formula is C34H58N16O10. The molecule has 0 aliphatic heterocycles. The maximum absolute atomic E-state index is 13.5. The second-order valence-electron chi connectivity index (χ2n) is 14.1. The van der Waals surface area contributed by atoms with E-state index in [1.165, 1.54) is 19.4 Å². The maximum Gasteiger partial charge on any atom is 0.243 e. The number of hydrogen-bond acceptors (Lipinski definition) is 13. The third kappa shape index (κ3) is 19.5. The minimum atomic E-state index is -1.69.